The summed E-state index contributed by atoms with van der Waals surface area (Å²) in [5.41, 5.74) is 1.01. The number of Topliss-reactive ketones (excluding diaryl/α,β-unsaturated/α-hetero) is 1. The van der Waals surface area contributed by atoms with E-state index >= 15 is 0 Å². The second-order valence-corrected chi connectivity index (χ2v) is 5.09. The highest BCUT2D eigenvalue weighted by atomic mass is 32.1. The van der Waals surface area contributed by atoms with Crippen molar-refractivity contribution in [2.24, 2.45) is 0 Å². The van der Waals surface area contributed by atoms with Crippen molar-refractivity contribution in [3.63, 3.8) is 0 Å². The summed E-state index contributed by atoms with van der Waals surface area (Å²) >= 11 is 1.78. The molecule has 0 amide bonds. The Morgan fingerprint density at radius 2 is 2.29 bits per heavy atom. The maximum absolute atomic E-state index is 11.4. The molecular formula is C12H14OS. The maximum Gasteiger partial charge on any atom is 0.158 e. The standard InChI is InChI=1S/C12H14OS/c1-9-8-12(2,6-5-10(9)13)11-4-3-7-14-11/h3-4,7-8H,5-6H2,1-2H3. The lowest BCUT2D eigenvalue weighted by Crippen LogP contribution is -2.25. The van der Waals surface area contributed by atoms with Gasteiger partial charge in [-0.15, -0.1) is 11.3 Å². The van der Waals surface area contributed by atoms with E-state index in [0.29, 0.717) is 12.2 Å². The van der Waals surface area contributed by atoms with E-state index in [1.807, 2.05) is 6.92 Å². The van der Waals surface area contributed by atoms with Crippen LogP contribution in [0.1, 0.15) is 31.6 Å². The molecule has 0 radical (unpaired) electrons. The SMILES string of the molecule is CC1=CC(C)(c2cccs2)CCC1=O. The molecule has 0 fully saturated rings. The number of thiophene rings is 1. The lowest BCUT2D eigenvalue weighted by molar-refractivity contribution is -0.116. The van der Waals surface area contributed by atoms with Crippen LogP contribution in [-0.2, 0) is 10.2 Å². The van der Waals surface area contributed by atoms with Gasteiger partial charge in [0.05, 0.1) is 0 Å². The van der Waals surface area contributed by atoms with Gasteiger partial charge in [0, 0.05) is 16.7 Å². The number of rotatable bonds is 1. The number of hydrogen-bond donors (Lipinski definition) is 0. The van der Waals surface area contributed by atoms with Gasteiger partial charge >= 0.3 is 0 Å². The van der Waals surface area contributed by atoms with Crippen molar-refractivity contribution in [2.75, 3.05) is 0 Å². The van der Waals surface area contributed by atoms with Crippen LogP contribution in [-0.4, -0.2) is 5.78 Å². The molecule has 74 valence electrons. The number of ketones is 1. The molecule has 2 heteroatoms. The molecule has 1 aromatic rings. The Morgan fingerprint density at radius 3 is 2.86 bits per heavy atom. The summed E-state index contributed by atoms with van der Waals surface area (Å²) in [6.07, 6.45) is 3.77. The van der Waals surface area contributed by atoms with Gasteiger partial charge in [0.25, 0.3) is 0 Å². The summed E-state index contributed by atoms with van der Waals surface area (Å²) in [5, 5.41) is 2.10. The summed E-state index contributed by atoms with van der Waals surface area (Å²) < 4.78 is 0. The highest BCUT2D eigenvalue weighted by molar-refractivity contribution is 7.10. The molecule has 0 aromatic carbocycles. The summed E-state index contributed by atoms with van der Waals surface area (Å²) in [6.45, 7) is 4.14. The molecule has 2 rings (SSSR count). The predicted octanol–water partition coefficient (Wildman–Crippen LogP) is 3.32. The minimum Gasteiger partial charge on any atom is -0.295 e. The van der Waals surface area contributed by atoms with Crippen LogP contribution in [0.2, 0.25) is 0 Å². The minimum absolute atomic E-state index is 0.0894. The third kappa shape index (κ3) is 1.55. The van der Waals surface area contributed by atoms with E-state index in [2.05, 4.69) is 30.5 Å². The number of carbonyl (C=O) groups is 1. The molecule has 1 atom stereocenters. The Bertz CT molecular complexity index is 375. The Labute approximate surface area is 88.5 Å². The molecule has 1 aliphatic rings. The molecule has 1 unspecified atom stereocenters. The molecule has 0 bridgehead atoms. The van der Waals surface area contributed by atoms with Crippen molar-refractivity contribution in [3.8, 4) is 0 Å². The predicted molar refractivity (Wildman–Crippen MR) is 59.7 cm³/mol. The monoisotopic (exact) mass is 206 g/mol. The third-order valence-electron chi connectivity index (χ3n) is 2.93. The fraction of sp³-hybridized carbons (Fsp3) is 0.417. The second-order valence-electron chi connectivity index (χ2n) is 4.15. The number of allylic oxidation sites excluding steroid dienone is 2. The summed E-state index contributed by atoms with van der Waals surface area (Å²) in [4.78, 5) is 12.8. The number of carbonyl (C=O) groups excluding carboxylic acids is 1. The number of hydrogen-bond acceptors (Lipinski definition) is 2. The zero-order valence-electron chi connectivity index (χ0n) is 8.54. The van der Waals surface area contributed by atoms with Crippen molar-refractivity contribution >= 4 is 17.1 Å². The molecule has 0 spiro atoms. The van der Waals surface area contributed by atoms with E-state index in [0.717, 1.165) is 12.0 Å². The zero-order chi connectivity index (χ0) is 10.2. The molecule has 14 heavy (non-hydrogen) atoms. The lowest BCUT2D eigenvalue weighted by atomic mass is 9.77. The van der Waals surface area contributed by atoms with Crippen molar-refractivity contribution in [2.45, 2.75) is 32.1 Å². The first-order valence-electron chi connectivity index (χ1n) is 4.88. The largest absolute Gasteiger partial charge is 0.295 e. The molecule has 0 saturated carbocycles. The van der Waals surface area contributed by atoms with Crippen molar-refractivity contribution in [3.05, 3.63) is 34.0 Å². The van der Waals surface area contributed by atoms with Crippen molar-refractivity contribution < 1.29 is 4.79 Å². The average Bonchev–Trinajstić information content (AvgIpc) is 2.65. The maximum atomic E-state index is 11.4. The van der Waals surface area contributed by atoms with E-state index in [9.17, 15) is 4.79 Å². The van der Waals surface area contributed by atoms with Crippen LogP contribution in [0, 0.1) is 0 Å². The minimum atomic E-state index is 0.0894. The fourth-order valence-corrected chi connectivity index (χ4v) is 2.89. The Hall–Kier alpha value is -0.890. The van der Waals surface area contributed by atoms with Gasteiger partial charge in [-0.25, -0.2) is 0 Å². The van der Waals surface area contributed by atoms with Gasteiger partial charge in [-0.2, -0.15) is 0 Å². The lowest BCUT2D eigenvalue weighted by Gasteiger charge is -2.29. The Kier molecular flexibility index (Phi) is 2.31. The van der Waals surface area contributed by atoms with E-state index in [4.69, 9.17) is 0 Å². The molecule has 1 aliphatic carbocycles. The first-order chi connectivity index (χ1) is 6.62. The van der Waals surface area contributed by atoms with Crippen LogP contribution in [0.5, 0.6) is 0 Å². The van der Waals surface area contributed by atoms with Crippen LogP contribution >= 0.6 is 11.3 Å². The van der Waals surface area contributed by atoms with E-state index < -0.39 is 0 Å². The highest BCUT2D eigenvalue weighted by Gasteiger charge is 2.30. The van der Waals surface area contributed by atoms with Gasteiger partial charge in [0.2, 0.25) is 0 Å². The Morgan fingerprint density at radius 1 is 1.50 bits per heavy atom. The van der Waals surface area contributed by atoms with Crippen molar-refractivity contribution in [1.29, 1.82) is 0 Å². The molecule has 1 nitrogen and oxygen atoms in total. The zero-order valence-corrected chi connectivity index (χ0v) is 9.36. The van der Waals surface area contributed by atoms with Crippen LogP contribution in [0.15, 0.2) is 29.2 Å². The van der Waals surface area contributed by atoms with Gasteiger partial charge in [-0.05, 0) is 30.4 Å². The molecule has 1 aromatic heterocycles. The summed E-state index contributed by atoms with van der Waals surface area (Å²) in [5.74, 6) is 0.305. The molecule has 1 heterocycles. The van der Waals surface area contributed by atoms with Crippen molar-refractivity contribution in [1.82, 2.24) is 0 Å². The smallest absolute Gasteiger partial charge is 0.158 e. The normalized spacial score (nSPS) is 27.6. The molecule has 0 N–H and O–H groups in total. The first kappa shape index (κ1) is 9.66. The van der Waals surface area contributed by atoms with Gasteiger partial charge in [-0.1, -0.05) is 19.1 Å². The van der Waals surface area contributed by atoms with E-state index in [-0.39, 0.29) is 5.41 Å². The average molecular weight is 206 g/mol. The topological polar surface area (TPSA) is 17.1 Å². The third-order valence-corrected chi connectivity index (χ3v) is 4.08. The molecule has 0 aliphatic heterocycles. The van der Waals surface area contributed by atoms with Gasteiger partial charge in [-0.3, -0.25) is 4.79 Å². The summed E-state index contributed by atoms with van der Waals surface area (Å²) in [6, 6.07) is 4.23. The quantitative estimate of drug-likeness (QED) is 0.689. The van der Waals surface area contributed by atoms with Crippen LogP contribution in [0.3, 0.4) is 0 Å². The fourth-order valence-electron chi connectivity index (χ4n) is 2.00. The van der Waals surface area contributed by atoms with E-state index in [1.165, 1.54) is 4.88 Å². The van der Waals surface area contributed by atoms with Gasteiger partial charge in [0.15, 0.2) is 5.78 Å². The van der Waals surface area contributed by atoms with Crippen LogP contribution in [0.25, 0.3) is 0 Å². The summed E-state index contributed by atoms with van der Waals surface area (Å²) in [7, 11) is 0. The van der Waals surface area contributed by atoms with Gasteiger partial charge in [0.1, 0.15) is 0 Å². The van der Waals surface area contributed by atoms with Gasteiger partial charge < -0.3 is 0 Å². The van der Waals surface area contributed by atoms with E-state index in [1.54, 1.807) is 11.3 Å². The Balaban J connectivity index is 2.39. The molecular weight excluding hydrogens is 192 g/mol. The first-order valence-corrected chi connectivity index (χ1v) is 5.76. The molecule has 0 saturated heterocycles. The highest BCUT2D eigenvalue weighted by Crippen LogP contribution is 2.37. The second kappa shape index (κ2) is 3.35. The van der Waals surface area contributed by atoms with Crippen LogP contribution < -0.4 is 0 Å². The van der Waals surface area contributed by atoms with Crippen LogP contribution in [0.4, 0.5) is 0 Å².